The summed E-state index contributed by atoms with van der Waals surface area (Å²) in [7, 11) is 0. The van der Waals surface area contributed by atoms with E-state index in [2.05, 4.69) is 17.1 Å². The summed E-state index contributed by atoms with van der Waals surface area (Å²) in [4.78, 5) is 15.1. The highest BCUT2D eigenvalue weighted by Crippen LogP contribution is 2.28. The molecule has 1 amide bonds. The second-order valence-electron chi connectivity index (χ2n) is 7.62. The largest absolute Gasteiger partial charge is 0.507 e. The van der Waals surface area contributed by atoms with E-state index in [0.29, 0.717) is 11.5 Å². The molecule has 0 radical (unpaired) electrons. The number of aromatic hydroxyl groups is 1. The fraction of sp³-hybridized carbons (Fsp3) is 0.650. The van der Waals surface area contributed by atoms with Crippen LogP contribution in [0, 0.1) is 11.8 Å². The van der Waals surface area contributed by atoms with Crippen molar-refractivity contribution >= 4 is 5.91 Å². The van der Waals surface area contributed by atoms with Gasteiger partial charge in [0.25, 0.3) is 5.91 Å². The molecule has 24 heavy (non-hydrogen) atoms. The SMILES string of the molecule is CC1CCN(CC2CCCCC2NC(=O)c2ccccc2O)CC1. The second kappa shape index (κ2) is 8.02. The fourth-order valence-electron chi connectivity index (χ4n) is 4.10. The van der Waals surface area contributed by atoms with Gasteiger partial charge in [-0.25, -0.2) is 0 Å². The first-order chi connectivity index (χ1) is 11.6. The lowest BCUT2D eigenvalue weighted by Gasteiger charge is -2.38. The van der Waals surface area contributed by atoms with Gasteiger partial charge >= 0.3 is 0 Å². The van der Waals surface area contributed by atoms with E-state index in [9.17, 15) is 9.90 Å². The number of para-hydroxylation sites is 1. The van der Waals surface area contributed by atoms with E-state index < -0.39 is 0 Å². The van der Waals surface area contributed by atoms with Gasteiger partial charge in [-0.3, -0.25) is 4.79 Å². The smallest absolute Gasteiger partial charge is 0.255 e. The number of amides is 1. The average molecular weight is 330 g/mol. The van der Waals surface area contributed by atoms with E-state index in [4.69, 9.17) is 0 Å². The highest BCUT2D eigenvalue weighted by atomic mass is 16.3. The number of hydrogen-bond donors (Lipinski definition) is 2. The Kier molecular flexibility index (Phi) is 5.77. The Labute approximate surface area is 145 Å². The Morgan fingerprint density at radius 3 is 2.62 bits per heavy atom. The Bertz CT molecular complexity index is 552. The predicted octanol–water partition coefficient (Wildman–Crippen LogP) is 3.41. The number of likely N-dealkylation sites (tertiary alicyclic amines) is 1. The summed E-state index contributed by atoms with van der Waals surface area (Å²) in [5.41, 5.74) is 0.383. The van der Waals surface area contributed by atoms with Crippen molar-refractivity contribution in [3.05, 3.63) is 29.8 Å². The van der Waals surface area contributed by atoms with Crippen molar-refractivity contribution in [3.63, 3.8) is 0 Å². The molecule has 1 saturated carbocycles. The topological polar surface area (TPSA) is 52.6 Å². The summed E-state index contributed by atoms with van der Waals surface area (Å²) in [6.45, 7) is 5.82. The number of benzene rings is 1. The van der Waals surface area contributed by atoms with Crippen molar-refractivity contribution < 1.29 is 9.90 Å². The zero-order chi connectivity index (χ0) is 16.9. The number of nitrogens with one attached hydrogen (secondary N) is 1. The Balaban J connectivity index is 1.60. The molecular formula is C20H30N2O2. The van der Waals surface area contributed by atoms with Gasteiger partial charge in [0.1, 0.15) is 5.75 Å². The standard InChI is InChI=1S/C20H30N2O2/c1-15-10-12-22(13-11-15)14-16-6-2-4-8-18(16)21-20(24)17-7-3-5-9-19(17)23/h3,5,7,9,15-16,18,23H,2,4,6,8,10-14H2,1H3,(H,21,24). The minimum absolute atomic E-state index is 0.0624. The van der Waals surface area contributed by atoms with Crippen LogP contribution in [-0.4, -0.2) is 41.6 Å². The van der Waals surface area contributed by atoms with E-state index in [1.54, 1.807) is 24.3 Å². The van der Waals surface area contributed by atoms with Crippen LogP contribution in [0.1, 0.15) is 55.8 Å². The second-order valence-corrected chi connectivity index (χ2v) is 7.62. The molecule has 1 aromatic rings. The molecule has 1 saturated heterocycles. The van der Waals surface area contributed by atoms with E-state index in [0.717, 1.165) is 18.9 Å². The Hall–Kier alpha value is -1.55. The molecule has 0 aromatic heterocycles. The van der Waals surface area contributed by atoms with Gasteiger partial charge in [0.15, 0.2) is 0 Å². The van der Waals surface area contributed by atoms with Crippen molar-refractivity contribution in [3.8, 4) is 5.75 Å². The van der Waals surface area contributed by atoms with Crippen LogP contribution in [0.5, 0.6) is 5.75 Å². The minimum Gasteiger partial charge on any atom is -0.507 e. The molecule has 2 N–H and O–H groups in total. The molecule has 132 valence electrons. The first-order valence-electron chi connectivity index (χ1n) is 9.44. The first kappa shape index (κ1) is 17.3. The molecule has 3 rings (SSSR count). The van der Waals surface area contributed by atoms with Crippen LogP contribution in [0.2, 0.25) is 0 Å². The van der Waals surface area contributed by atoms with Gasteiger partial charge in [-0.1, -0.05) is 31.9 Å². The maximum atomic E-state index is 12.5. The molecule has 2 aliphatic rings. The maximum absolute atomic E-state index is 12.5. The van der Waals surface area contributed by atoms with Gasteiger partial charge in [-0.2, -0.15) is 0 Å². The van der Waals surface area contributed by atoms with E-state index >= 15 is 0 Å². The molecular weight excluding hydrogens is 300 g/mol. The summed E-state index contributed by atoms with van der Waals surface area (Å²) in [6.07, 6.45) is 7.27. The molecule has 2 atom stereocenters. The number of nitrogens with zero attached hydrogens (tertiary/aromatic N) is 1. The van der Waals surface area contributed by atoms with Crippen LogP contribution in [0.3, 0.4) is 0 Å². The van der Waals surface area contributed by atoms with Crippen LogP contribution in [0.25, 0.3) is 0 Å². The van der Waals surface area contributed by atoms with Gasteiger partial charge in [-0.05, 0) is 62.7 Å². The van der Waals surface area contributed by atoms with Crippen molar-refractivity contribution in [1.29, 1.82) is 0 Å². The fourth-order valence-corrected chi connectivity index (χ4v) is 4.10. The molecule has 0 spiro atoms. The molecule has 2 fully saturated rings. The van der Waals surface area contributed by atoms with Gasteiger partial charge in [0, 0.05) is 12.6 Å². The van der Waals surface area contributed by atoms with Crippen LogP contribution >= 0.6 is 0 Å². The van der Waals surface area contributed by atoms with Gasteiger partial charge in [-0.15, -0.1) is 0 Å². The van der Waals surface area contributed by atoms with Crippen LogP contribution in [-0.2, 0) is 0 Å². The van der Waals surface area contributed by atoms with Crippen LogP contribution in [0.4, 0.5) is 0 Å². The minimum atomic E-state index is -0.141. The van der Waals surface area contributed by atoms with E-state index in [1.807, 2.05) is 0 Å². The summed E-state index contributed by atoms with van der Waals surface area (Å²) in [5.74, 6) is 1.30. The molecule has 0 bridgehead atoms. The highest BCUT2D eigenvalue weighted by molar-refractivity contribution is 5.96. The molecule has 2 unspecified atom stereocenters. The average Bonchev–Trinajstić information content (AvgIpc) is 2.59. The van der Waals surface area contributed by atoms with E-state index in [-0.39, 0.29) is 17.7 Å². The lowest BCUT2D eigenvalue weighted by molar-refractivity contribution is 0.0866. The zero-order valence-electron chi connectivity index (χ0n) is 14.7. The predicted molar refractivity (Wildman–Crippen MR) is 96.2 cm³/mol. The number of piperidine rings is 1. The highest BCUT2D eigenvalue weighted by Gasteiger charge is 2.29. The Morgan fingerprint density at radius 2 is 1.88 bits per heavy atom. The molecule has 1 aliphatic heterocycles. The normalized spacial score (nSPS) is 26.2. The number of carbonyl (C=O) groups is 1. The lowest BCUT2D eigenvalue weighted by atomic mass is 9.83. The van der Waals surface area contributed by atoms with Gasteiger partial charge < -0.3 is 15.3 Å². The third kappa shape index (κ3) is 4.29. The molecule has 4 heteroatoms. The molecule has 1 aliphatic carbocycles. The van der Waals surface area contributed by atoms with E-state index in [1.165, 1.54) is 45.2 Å². The summed E-state index contributed by atoms with van der Waals surface area (Å²) in [6, 6.07) is 7.02. The third-order valence-electron chi connectivity index (χ3n) is 5.74. The maximum Gasteiger partial charge on any atom is 0.255 e. The number of phenols is 1. The first-order valence-corrected chi connectivity index (χ1v) is 9.44. The third-order valence-corrected chi connectivity index (χ3v) is 5.74. The van der Waals surface area contributed by atoms with Crippen LogP contribution < -0.4 is 5.32 Å². The zero-order valence-corrected chi connectivity index (χ0v) is 14.7. The van der Waals surface area contributed by atoms with Crippen LogP contribution in [0.15, 0.2) is 24.3 Å². The van der Waals surface area contributed by atoms with Gasteiger partial charge in [0.2, 0.25) is 0 Å². The number of hydrogen-bond acceptors (Lipinski definition) is 3. The lowest BCUT2D eigenvalue weighted by Crippen LogP contribution is -2.47. The summed E-state index contributed by atoms with van der Waals surface area (Å²) in [5, 5.41) is 13.1. The quantitative estimate of drug-likeness (QED) is 0.889. The molecule has 1 heterocycles. The number of rotatable bonds is 4. The van der Waals surface area contributed by atoms with Crippen molar-refractivity contribution in [2.45, 2.75) is 51.5 Å². The summed E-state index contributed by atoms with van der Waals surface area (Å²) >= 11 is 0. The Morgan fingerprint density at radius 1 is 1.17 bits per heavy atom. The summed E-state index contributed by atoms with van der Waals surface area (Å²) < 4.78 is 0. The molecule has 1 aromatic carbocycles. The van der Waals surface area contributed by atoms with Crippen molar-refractivity contribution in [2.24, 2.45) is 11.8 Å². The van der Waals surface area contributed by atoms with Crippen molar-refractivity contribution in [1.82, 2.24) is 10.2 Å². The molecule has 4 nitrogen and oxygen atoms in total. The monoisotopic (exact) mass is 330 g/mol. The van der Waals surface area contributed by atoms with Crippen molar-refractivity contribution in [2.75, 3.05) is 19.6 Å². The number of carbonyl (C=O) groups excluding carboxylic acids is 1. The van der Waals surface area contributed by atoms with Gasteiger partial charge in [0.05, 0.1) is 5.56 Å². The number of phenolic OH excluding ortho intramolecular Hbond substituents is 1.